The number of hydrogen-bond acceptors (Lipinski definition) is 4. The van der Waals surface area contributed by atoms with Crippen molar-refractivity contribution in [3.05, 3.63) is 17.5 Å². The van der Waals surface area contributed by atoms with E-state index in [1.54, 1.807) is 0 Å². The van der Waals surface area contributed by atoms with Crippen LogP contribution in [-0.2, 0) is 6.18 Å². The minimum Gasteiger partial charge on any atom is -0.478 e. The molecule has 5 nitrogen and oxygen atoms in total. The average Bonchev–Trinajstić information content (AvgIpc) is 2.46. The first-order valence-corrected chi connectivity index (χ1v) is 7.27. The molecular weight excluding hydrogens is 299 g/mol. The summed E-state index contributed by atoms with van der Waals surface area (Å²) in [6.07, 6.45) is 0.805. The molecule has 2 rings (SSSR count). The number of aromatic nitrogens is 2. The second kappa shape index (κ2) is 6.50. The molecule has 1 aliphatic carbocycles. The van der Waals surface area contributed by atoms with Crippen LogP contribution in [0.5, 0.6) is 0 Å². The molecule has 1 aromatic heterocycles. The van der Waals surface area contributed by atoms with Gasteiger partial charge in [0.25, 0.3) is 0 Å². The zero-order chi connectivity index (χ0) is 16.3. The van der Waals surface area contributed by atoms with Crippen molar-refractivity contribution in [1.82, 2.24) is 9.97 Å². The van der Waals surface area contributed by atoms with E-state index in [0.717, 1.165) is 32.1 Å². The first-order valence-electron chi connectivity index (χ1n) is 7.27. The van der Waals surface area contributed by atoms with Gasteiger partial charge in [0, 0.05) is 12.2 Å². The van der Waals surface area contributed by atoms with Crippen LogP contribution in [0.4, 0.5) is 19.1 Å². The third-order valence-electron chi connectivity index (χ3n) is 4.04. The van der Waals surface area contributed by atoms with Gasteiger partial charge < -0.3 is 10.4 Å². The monoisotopic (exact) mass is 317 g/mol. The predicted molar refractivity (Wildman–Crippen MR) is 73.7 cm³/mol. The van der Waals surface area contributed by atoms with Crippen LogP contribution in [0.15, 0.2) is 6.20 Å². The van der Waals surface area contributed by atoms with Gasteiger partial charge in [-0.3, -0.25) is 0 Å². The quantitative estimate of drug-likeness (QED) is 0.888. The van der Waals surface area contributed by atoms with Crippen LogP contribution in [0.25, 0.3) is 0 Å². The van der Waals surface area contributed by atoms with Gasteiger partial charge in [0.1, 0.15) is 5.56 Å². The normalized spacial score (nSPS) is 22.4. The van der Waals surface area contributed by atoms with Gasteiger partial charge in [-0.25, -0.2) is 14.8 Å². The third kappa shape index (κ3) is 3.66. The summed E-state index contributed by atoms with van der Waals surface area (Å²) < 4.78 is 38.8. The Morgan fingerprint density at radius 2 is 2.09 bits per heavy atom. The van der Waals surface area contributed by atoms with Gasteiger partial charge in [0.05, 0.1) is 0 Å². The van der Waals surface area contributed by atoms with E-state index in [1.165, 1.54) is 0 Å². The molecule has 0 spiro atoms. The Morgan fingerprint density at radius 1 is 1.41 bits per heavy atom. The number of nitrogens with zero attached hydrogens (tertiary/aromatic N) is 2. The Hall–Kier alpha value is -1.86. The molecule has 8 heteroatoms. The van der Waals surface area contributed by atoms with E-state index >= 15 is 0 Å². The number of aromatic carboxylic acids is 1. The second-order valence-electron chi connectivity index (χ2n) is 5.46. The molecule has 0 bridgehead atoms. The van der Waals surface area contributed by atoms with Crippen LogP contribution in [-0.4, -0.2) is 27.1 Å². The maximum atomic E-state index is 12.9. The molecular formula is C14H18F3N3O2. The number of anilines is 1. The smallest absolute Gasteiger partial charge is 0.434 e. The highest BCUT2D eigenvalue weighted by molar-refractivity contribution is 5.88. The van der Waals surface area contributed by atoms with Crippen LogP contribution in [0.1, 0.15) is 55.1 Å². The highest BCUT2D eigenvalue weighted by atomic mass is 19.4. The van der Waals surface area contributed by atoms with Crippen LogP contribution in [0.2, 0.25) is 0 Å². The van der Waals surface area contributed by atoms with Crippen molar-refractivity contribution in [2.75, 3.05) is 5.32 Å². The van der Waals surface area contributed by atoms with Gasteiger partial charge in [-0.15, -0.1) is 0 Å². The minimum atomic E-state index is -4.83. The number of nitrogens with one attached hydrogen (secondary N) is 1. The Morgan fingerprint density at radius 3 is 2.68 bits per heavy atom. The Kier molecular flexibility index (Phi) is 4.87. The lowest BCUT2D eigenvalue weighted by molar-refractivity contribution is -0.141. The number of carboxylic acids is 1. The summed E-state index contributed by atoms with van der Waals surface area (Å²) in [5.74, 6) is -1.49. The second-order valence-corrected chi connectivity index (χ2v) is 5.46. The molecule has 0 unspecified atom stereocenters. The van der Waals surface area contributed by atoms with E-state index < -0.39 is 23.4 Å². The summed E-state index contributed by atoms with van der Waals surface area (Å²) in [6, 6.07) is 0.0236. The number of rotatable bonds is 4. The number of hydrogen-bond donors (Lipinski definition) is 2. The van der Waals surface area contributed by atoms with E-state index in [1.807, 2.05) is 6.92 Å². The number of halogens is 3. The molecule has 0 radical (unpaired) electrons. The van der Waals surface area contributed by atoms with Gasteiger partial charge in [-0.2, -0.15) is 13.2 Å². The lowest BCUT2D eigenvalue weighted by Gasteiger charge is -2.31. The SMILES string of the molecule is CC[C@@H]1CCCC[C@H]1Nc1ncc(C(=O)O)c(C(F)(F)F)n1. The molecule has 1 saturated carbocycles. The van der Waals surface area contributed by atoms with Gasteiger partial charge >= 0.3 is 12.1 Å². The van der Waals surface area contributed by atoms with Crippen molar-refractivity contribution >= 4 is 11.9 Å². The fraction of sp³-hybridized carbons (Fsp3) is 0.643. The fourth-order valence-corrected chi connectivity index (χ4v) is 2.88. The standard InChI is InChI=1S/C14H18F3N3O2/c1-2-8-5-3-4-6-10(8)19-13-18-7-9(12(21)22)11(20-13)14(15,16)17/h7-8,10H,2-6H2,1H3,(H,21,22)(H,18,19,20)/t8-,10-/m1/s1. The van der Waals surface area contributed by atoms with E-state index in [2.05, 4.69) is 15.3 Å². The number of carboxylic acid groups (broad SMARTS) is 1. The summed E-state index contributed by atoms with van der Waals surface area (Å²) in [6.45, 7) is 2.04. The highest BCUT2D eigenvalue weighted by Crippen LogP contribution is 2.32. The van der Waals surface area contributed by atoms with Gasteiger partial charge in [0.2, 0.25) is 5.95 Å². The molecule has 22 heavy (non-hydrogen) atoms. The molecule has 1 fully saturated rings. The molecule has 1 aromatic rings. The molecule has 0 aliphatic heterocycles. The molecule has 0 aromatic carbocycles. The van der Waals surface area contributed by atoms with Crippen LogP contribution in [0.3, 0.4) is 0 Å². The summed E-state index contributed by atoms with van der Waals surface area (Å²) in [7, 11) is 0. The Balaban J connectivity index is 2.27. The molecule has 122 valence electrons. The maximum Gasteiger partial charge on any atom is 0.434 e. The van der Waals surface area contributed by atoms with E-state index in [0.29, 0.717) is 12.1 Å². The Labute approximate surface area is 126 Å². The maximum absolute atomic E-state index is 12.9. The Bertz CT molecular complexity index is 549. The lowest BCUT2D eigenvalue weighted by Crippen LogP contribution is -2.33. The molecule has 0 saturated heterocycles. The van der Waals surface area contributed by atoms with Crippen molar-refractivity contribution in [2.24, 2.45) is 5.92 Å². The van der Waals surface area contributed by atoms with Crippen molar-refractivity contribution in [3.63, 3.8) is 0 Å². The topological polar surface area (TPSA) is 75.1 Å². The molecule has 0 amide bonds. The first-order chi connectivity index (χ1) is 10.3. The van der Waals surface area contributed by atoms with Crippen LogP contribution in [0, 0.1) is 5.92 Å². The molecule has 1 heterocycles. The van der Waals surface area contributed by atoms with Gasteiger partial charge in [-0.05, 0) is 18.8 Å². The van der Waals surface area contributed by atoms with Crippen LogP contribution >= 0.6 is 0 Å². The fourth-order valence-electron chi connectivity index (χ4n) is 2.88. The number of alkyl halides is 3. The summed E-state index contributed by atoms with van der Waals surface area (Å²) in [5, 5.41) is 11.8. The highest BCUT2D eigenvalue weighted by Gasteiger charge is 2.38. The number of carbonyl (C=O) groups is 1. The minimum absolute atomic E-state index is 0.0236. The van der Waals surface area contributed by atoms with Crippen molar-refractivity contribution in [1.29, 1.82) is 0 Å². The third-order valence-corrected chi connectivity index (χ3v) is 4.04. The van der Waals surface area contributed by atoms with Crippen molar-refractivity contribution < 1.29 is 23.1 Å². The van der Waals surface area contributed by atoms with Gasteiger partial charge in [0.15, 0.2) is 5.69 Å². The lowest BCUT2D eigenvalue weighted by atomic mass is 9.83. The van der Waals surface area contributed by atoms with Crippen LogP contribution < -0.4 is 5.32 Å². The molecule has 2 atom stereocenters. The predicted octanol–water partition coefficient (Wildman–Crippen LogP) is 3.57. The summed E-state index contributed by atoms with van der Waals surface area (Å²) in [5.41, 5.74) is -2.35. The van der Waals surface area contributed by atoms with Crippen molar-refractivity contribution in [2.45, 2.75) is 51.2 Å². The largest absolute Gasteiger partial charge is 0.478 e. The van der Waals surface area contributed by atoms with E-state index in [9.17, 15) is 18.0 Å². The van der Waals surface area contributed by atoms with Gasteiger partial charge in [-0.1, -0.05) is 26.2 Å². The summed E-state index contributed by atoms with van der Waals surface area (Å²) in [4.78, 5) is 18.0. The molecule has 2 N–H and O–H groups in total. The summed E-state index contributed by atoms with van der Waals surface area (Å²) >= 11 is 0. The first kappa shape index (κ1) is 16.5. The van der Waals surface area contributed by atoms with Crippen molar-refractivity contribution in [3.8, 4) is 0 Å². The van der Waals surface area contributed by atoms with E-state index in [-0.39, 0.29) is 12.0 Å². The average molecular weight is 317 g/mol. The van der Waals surface area contributed by atoms with E-state index in [4.69, 9.17) is 5.11 Å². The zero-order valence-corrected chi connectivity index (χ0v) is 12.2. The molecule has 1 aliphatic rings. The zero-order valence-electron chi connectivity index (χ0n) is 12.2.